The number of rotatable bonds is 4. The molecule has 0 saturated heterocycles. The Kier molecular flexibility index (Phi) is 4.97. The molecule has 2 aromatic rings. The molecule has 0 aliphatic heterocycles. The number of halogens is 3. The number of hydrogen-bond donors (Lipinski definition) is 1. The molecule has 1 nitrogen and oxygen atoms in total. The zero-order chi connectivity index (χ0) is 13.8. The first kappa shape index (κ1) is 14.5. The third kappa shape index (κ3) is 3.56. The second-order valence-corrected chi connectivity index (χ2v) is 5.60. The van der Waals surface area contributed by atoms with E-state index in [1.165, 1.54) is 0 Å². The van der Waals surface area contributed by atoms with E-state index in [0.717, 1.165) is 10.0 Å². The fraction of sp³-hybridized carbons (Fsp3) is 0.200. The standard InChI is InChI=1S/C15H14BrClFN/c1-10(12-6-2-3-7-13(12)16)19-9-11-5-4-8-14(17)15(11)18/h2-8,10,19H,9H2,1H3/t10-/m1/s1. The Balaban J connectivity index is 2.07. The fourth-order valence-electron chi connectivity index (χ4n) is 1.88. The van der Waals surface area contributed by atoms with Crippen LogP contribution in [0.3, 0.4) is 0 Å². The molecule has 100 valence electrons. The summed E-state index contributed by atoms with van der Waals surface area (Å²) in [4.78, 5) is 0. The molecule has 0 amide bonds. The van der Waals surface area contributed by atoms with Gasteiger partial charge in [-0.1, -0.05) is 57.9 Å². The van der Waals surface area contributed by atoms with E-state index < -0.39 is 0 Å². The van der Waals surface area contributed by atoms with E-state index in [2.05, 4.69) is 21.2 Å². The quantitative estimate of drug-likeness (QED) is 0.816. The summed E-state index contributed by atoms with van der Waals surface area (Å²) in [6, 6.07) is 13.2. The molecule has 1 atom stereocenters. The molecule has 0 bridgehead atoms. The maximum atomic E-state index is 13.8. The van der Waals surface area contributed by atoms with Gasteiger partial charge in [0.05, 0.1) is 5.02 Å². The van der Waals surface area contributed by atoms with Crippen molar-refractivity contribution in [2.24, 2.45) is 0 Å². The monoisotopic (exact) mass is 341 g/mol. The summed E-state index contributed by atoms with van der Waals surface area (Å²) in [5.41, 5.74) is 1.72. The highest BCUT2D eigenvalue weighted by atomic mass is 79.9. The Morgan fingerprint density at radius 2 is 1.95 bits per heavy atom. The highest BCUT2D eigenvalue weighted by Gasteiger charge is 2.10. The minimum Gasteiger partial charge on any atom is -0.306 e. The van der Waals surface area contributed by atoms with Gasteiger partial charge in [0.2, 0.25) is 0 Å². The van der Waals surface area contributed by atoms with Crippen molar-refractivity contribution in [1.82, 2.24) is 5.32 Å². The predicted molar refractivity (Wildman–Crippen MR) is 80.8 cm³/mol. The SMILES string of the molecule is C[C@@H](NCc1cccc(Cl)c1F)c1ccccc1Br. The number of nitrogens with one attached hydrogen (secondary N) is 1. The largest absolute Gasteiger partial charge is 0.306 e. The zero-order valence-electron chi connectivity index (χ0n) is 10.5. The molecule has 2 rings (SSSR count). The molecule has 0 aliphatic carbocycles. The van der Waals surface area contributed by atoms with Gasteiger partial charge in [-0.05, 0) is 24.6 Å². The normalized spacial score (nSPS) is 12.4. The first-order valence-corrected chi connectivity index (χ1v) is 7.17. The van der Waals surface area contributed by atoms with Crippen molar-refractivity contribution < 1.29 is 4.39 Å². The molecule has 0 saturated carbocycles. The summed E-state index contributed by atoms with van der Waals surface area (Å²) in [5, 5.41) is 3.46. The Bertz CT molecular complexity index is 574. The Morgan fingerprint density at radius 1 is 1.21 bits per heavy atom. The lowest BCUT2D eigenvalue weighted by Crippen LogP contribution is -2.19. The van der Waals surface area contributed by atoms with E-state index in [4.69, 9.17) is 11.6 Å². The van der Waals surface area contributed by atoms with Gasteiger partial charge in [0, 0.05) is 22.6 Å². The van der Waals surface area contributed by atoms with Gasteiger partial charge < -0.3 is 5.32 Å². The maximum Gasteiger partial charge on any atom is 0.146 e. The van der Waals surface area contributed by atoms with E-state index in [-0.39, 0.29) is 16.9 Å². The van der Waals surface area contributed by atoms with Gasteiger partial charge in [0.25, 0.3) is 0 Å². The Morgan fingerprint density at radius 3 is 2.68 bits per heavy atom. The van der Waals surface area contributed by atoms with Gasteiger partial charge in [-0.2, -0.15) is 0 Å². The van der Waals surface area contributed by atoms with Crippen LogP contribution in [0, 0.1) is 5.82 Å². The minimum absolute atomic E-state index is 0.119. The third-order valence-electron chi connectivity index (χ3n) is 3.00. The molecule has 0 aromatic heterocycles. The van der Waals surface area contributed by atoms with Gasteiger partial charge in [-0.25, -0.2) is 4.39 Å². The van der Waals surface area contributed by atoms with Crippen molar-refractivity contribution in [2.45, 2.75) is 19.5 Å². The molecule has 0 unspecified atom stereocenters. The van der Waals surface area contributed by atoms with Crippen molar-refractivity contribution in [3.63, 3.8) is 0 Å². The van der Waals surface area contributed by atoms with Crippen molar-refractivity contribution in [3.8, 4) is 0 Å². The van der Waals surface area contributed by atoms with E-state index in [9.17, 15) is 4.39 Å². The van der Waals surface area contributed by atoms with Crippen LogP contribution in [0.25, 0.3) is 0 Å². The summed E-state index contributed by atoms with van der Waals surface area (Å²) in [5.74, 6) is -0.351. The van der Waals surface area contributed by atoms with Crippen LogP contribution in [0.15, 0.2) is 46.9 Å². The van der Waals surface area contributed by atoms with Gasteiger partial charge in [-0.15, -0.1) is 0 Å². The summed E-state index contributed by atoms with van der Waals surface area (Å²) in [6.45, 7) is 2.48. The lowest BCUT2D eigenvalue weighted by atomic mass is 10.1. The molecule has 0 radical (unpaired) electrons. The molecule has 0 spiro atoms. The van der Waals surface area contributed by atoms with Crippen molar-refractivity contribution >= 4 is 27.5 Å². The Labute approximate surface area is 125 Å². The lowest BCUT2D eigenvalue weighted by molar-refractivity contribution is 0.543. The van der Waals surface area contributed by atoms with Gasteiger partial charge in [0.1, 0.15) is 5.82 Å². The van der Waals surface area contributed by atoms with Crippen molar-refractivity contribution in [2.75, 3.05) is 0 Å². The third-order valence-corrected chi connectivity index (χ3v) is 4.02. The van der Waals surface area contributed by atoms with E-state index >= 15 is 0 Å². The van der Waals surface area contributed by atoms with Crippen LogP contribution in [-0.4, -0.2) is 0 Å². The molecular formula is C15H14BrClFN. The summed E-state index contributed by atoms with van der Waals surface area (Å²) >= 11 is 9.28. The molecule has 0 fully saturated rings. The first-order chi connectivity index (χ1) is 9.09. The first-order valence-electron chi connectivity index (χ1n) is 6.00. The minimum atomic E-state index is -0.351. The Hall–Kier alpha value is -0.900. The summed E-state index contributed by atoms with van der Waals surface area (Å²) < 4.78 is 14.8. The van der Waals surface area contributed by atoms with E-state index in [1.807, 2.05) is 31.2 Å². The van der Waals surface area contributed by atoms with Crippen LogP contribution in [0.4, 0.5) is 4.39 Å². The van der Waals surface area contributed by atoms with Crippen LogP contribution in [0.1, 0.15) is 24.1 Å². The fourth-order valence-corrected chi connectivity index (χ4v) is 2.71. The highest BCUT2D eigenvalue weighted by Crippen LogP contribution is 2.24. The second-order valence-electron chi connectivity index (χ2n) is 4.34. The van der Waals surface area contributed by atoms with Crippen molar-refractivity contribution in [3.05, 3.63) is 68.9 Å². The summed E-state index contributed by atoms with van der Waals surface area (Å²) in [7, 11) is 0. The van der Waals surface area contributed by atoms with E-state index in [0.29, 0.717) is 12.1 Å². The molecule has 0 heterocycles. The maximum absolute atomic E-state index is 13.8. The van der Waals surface area contributed by atoms with Crippen LogP contribution < -0.4 is 5.32 Å². The molecule has 19 heavy (non-hydrogen) atoms. The highest BCUT2D eigenvalue weighted by molar-refractivity contribution is 9.10. The second kappa shape index (κ2) is 6.51. The molecule has 2 aromatic carbocycles. The van der Waals surface area contributed by atoms with Gasteiger partial charge in [-0.3, -0.25) is 0 Å². The lowest BCUT2D eigenvalue weighted by Gasteiger charge is -2.16. The molecule has 0 aliphatic rings. The molecule has 4 heteroatoms. The molecule has 1 N–H and O–H groups in total. The van der Waals surface area contributed by atoms with E-state index in [1.54, 1.807) is 18.2 Å². The average Bonchev–Trinajstić information content (AvgIpc) is 2.40. The summed E-state index contributed by atoms with van der Waals surface area (Å²) in [6.07, 6.45) is 0. The number of hydrogen-bond acceptors (Lipinski definition) is 1. The predicted octanol–water partition coefficient (Wildman–Crippen LogP) is 5.09. The zero-order valence-corrected chi connectivity index (χ0v) is 12.8. The molecular weight excluding hydrogens is 329 g/mol. The van der Waals surface area contributed by atoms with Crippen LogP contribution in [0.5, 0.6) is 0 Å². The smallest absolute Gasteiger partial charge is 0.146 e. The van der Waals surface area contributed by atoms with Crippen LogP contribution in [-0.2, 0) is 6.54 Å². The van der Waals surface area contributed by atoms with Gasteiger partial charge >= 0.3 is 0 Å². The average molecular weight is 343 g/mol. The van der Waals surface area contributed by atoms with Crippen molar-refractivity contribution in [1.29, 1.82) is 0 Å². The van der Waals surface area contributed by atoms with Gasteiger partial charge in [0.15, 0.2) is 0 Å². The topological polar surface area (TPSA) is 12.0 Å². The van der Waals surface area contributed by atoms with Crippen LogP contribution in [0.2, 0.25) is 5.02 Å². The number of benzene rings is 2. The van der Waals surface area contributed by atoms with Crippen LogP contribution >= 0.6 is 27.5 Å².